The van der Waals surface area contributed by atoms with E-state index in [4.69, 9.17) is 0 Å². The minimum absolute atomic E-state index is 0.663. The molecule has 1 atom stereocenters. The maximum atomic E-state index is 10.6. The van der Waals surface area contributed by atoms with Gasteiger partial charge in [0.25, 0.3) is 0 Å². The third kappa shape index (κ3) is 4.30. The zero-order valence-corrected chi connectivity index (χ0v) is 16.7. The van der Waals surface area contributed by atoms with Crippen LogP contribution in [0.2, 0.25) is 0 Å². The molecule has 2 aromatic heterocycles. The predicted octanol–water partition coefficient (Wildman–Crippen LogP) is 3.10. The summed E-state index contributed by atoms with van der Waals surface area (Å²) in [6.07, 6.45) is -0.663. The fourth-order valence-electron chi connectivity index (χ4n) is 3.60. The van der Waals surface area contributed by atoms with Crippen LogP contribution >= 0.6 is 11.3 Å². The van der Waals surface area contributed by atoms with Crippen molar-refractivity contribution in [2.24, 2.45) is 0 Å². The topological polar surface area (TPSA) is 44.5 Å². The Hall–Kier alpha value is -1.99. The van der Waals surface area contributed by atoms with E-state index in [1.807, 2.05) is 46.4 Å². The van der Waals surface area contributed by atoms with Gasteiger partial charge in [-0.15, -0.1) is 11.3 Å². The summed E-state index contributed by atoms with van der Waals surface area (Å²) in [4.78, 5) is 6.07. The Balaban J connectivity index is 1.43. The van der Waals surface area contributed by atoms with Crippen molar-refractivity contribution in [2.75, 3.05) is 20.6 Å². The molecule has 3 heterocycles. The second kappa shape index (κ2) is 7.94. The van der Waals surface area contributed by atoms with Crippen molar-refractivity contribution in [3.8, 4) is 0 Å². The third-order valence-electron chi connectivity index (χ3n) is 4.88. The first kappa shape index (κ1) is 18.4. The van der Waals surface area contributed by atoms with Gasteiger partial charge in [-0.25, -0.2) is 0 Å². The van der Waals surface area contributed by atoms with Crippen molar-refractivity contribution in [1.29, 1.82) is 0 Å². The lowest BCUT2D eigenvalue weighted by atomic mass is 10.1. The molecular weight excluding hydrogens is 356 g/mol. The number of nitrogens with zero attached hydrogens (tertiary/aromatic N) is 4. The van der Waals surface area contributed by atoms with Crippen LogP contribution in [0.15, 0.2) is 47.8 Å². The normalized spacial score (nSPS) is 15.9. The molecule has 5 nitrogen and oxygen atoms in total. The monoisotopic (exact) mass is 382 g/mol. The molecule has 0 fully saturated rings. The van der Waals surface area contributed by atoms with E-state index < -0.39 is 6.10 Å². The number of benzene rings is 1. The van der Waals surface area contributed by atoms with E-state index in [0.29, 0.717) is 0 Å². The second-order valence-electron chi connectivity index (χ2n) is 7.47. The third-order valence-corrected chi connectivity index (χ3v) is 5.85. The van der Waals surface area contributed by atoms with Crippen LogP contribution in [0.3, 0.4) is 0 Å². The Kier molecular flexibility index (Phi) is 5.41. The molecule has 0 unspecified atom stereocenters. The molecular formula is C21H26N4OS. The van der Waals surface area contributed by atoms with Crippen molar-refractivity contribution in [2.45, 2.75) is 32.3 Å². The molecule has 6 heteroatoms. The number of fused-ring (bicyclic) bond motifs is 1. The molecule has 0 saturated heterocycles. The Morgan fingerprint density at radius 3 is 2.78 bits per heavy atom. The van der Waals surface area contributed by atoms with Gasteiger partial charge in [-0.3, -0.25) is 9.58 Å². The van der Waals surface area contributed by atoms with Crippen molar-refractivity contribution < 1.29 is 5.11 Å². The highest BCUT2D eigenvalue weighted by Gasteiger charge is 2.22. The van der Waals surface area contributed by atoms with E-state index in [1.54, 1.807) is 0 Å². The molecule has 1 aromatic carbocycles. The van der Waals surface area contributed by atoms with Crippen molar-refractivity contribution in [1.82, 2.24) is 19.6 Å². The first-order valence-electron chi connectivity index (χ1n) is 9.31. The SMILES string of the molecule is CN(C)Cc1csc(CN2CCn3nc([C@@H](O)c4ccccc4)cc3C2)c1. The summed E-state index contributed by atoms with van der Waals surface area (Å²) >= 11 is 1.84. The van der Waals surface area contributed by atoms with Crippen LogP contribution in [-0.4, -0.2) is 45.3 Å². The molecule has 4 rings (SSSR count). The summed E-state index contributed by atoms with van der Waals surface area (Å²) in [6, 6.07) is 14.1. The summed E-state index contributed by atoms with van der Waals surface area (Å²) in [6.45, 7) is 4.68. The smallest absolute Gasteiger partial charge is 0.123 e. The molecule has 142 valence electrons. The van der Waals surface area contributed by atoms with Gasteiger partial charge in [0.2, 0.25) is 0 Å². The first-order chi connectivity index (χ1) is 13.1. The lowest BCUT2D eigenvalue weighted by Gasteiger charge is -2.26. The minimum atomic E-state index is -0.663. The van der Waals surface area contributed by atoms with Crippen LogP contribution < -0.4 is 0 Å². The van der Waals surface area contributed by atoms with Crippen molar-refractivity contribution in [3.05, 3.63) is 75.2 Å². The summed E-state index contributed by atoms with van der Waals surface area (Å²) in [7, 11) is 4.20. The molecule has 1 N–H and O–H groups in total. The number of hydrogen-bond acceptors (Lipinski definition) is 5. The largest absolute Gasteiger partial charge is 0.382 e. The van der Waals surface area contributed by atoms with E-state index in [-0.39, 0.29) is 0 Å². The quantitative estimate of drug-likeness (QED) is 0.712. The van der Waals surface area contributed by atoms with E-state index in [1.165, 1.54) is 16.1 Å². The lowest BCUT2D eigenvalue weighted by molar-refractivity contribution is 0.201. The van der Waals surface area contributed by atoms with E-state index in [2.05, 4.69) is 46.5 Å². The Morgan fingerprint density at radius 1 is 1.19 bits per heavy atom. The highest BCUT2D eigenvalue weighted by molar-refractivity contribution is 7.10. The molecule has 27 heavy (non-hydrogen) atoms. The number of rotatable bonds is 6. The summed E-state index contributed by atoms with van der Waals surface area (Å²) < 4.78 is 2.05. The van der Waals surface area contributed by atoms with Gasteiger partial charge < -0.3 is 10.0 Å². The maximum Gasteiger partial charge on any atom is 0.123 e. The van der Waals surface area contributed by atoms with Crippen molar-refractivity contribution >= 4 is 11.3 Å². The Bertz CT molecular complexity index is 887. The van der Waals surface area contributed by atoms with E-state index >= 15 is 0 Å². The number of hydrogen-bond donors (Lipinski definition) is 1. The molecule has 1 aliphatic rings. The number of aromatic nitrogens is 2. The van der Waals surface area contributed by atoms with Gasteiger partial charge in [0.15, 0.2) is 0 Å². The maximum absolute atomic E-state index is 10.6. The van der Waals surface area contributed by atoms with Gasteiger partial charge in [-0.1, -0.05) is 30.3 Å². The highest BCUT2D eigenvalue weighted by Crippen LogP contribution is 2.25. The van der Waals surface area contributed by atoms with E-state index in [9.17, 15) is 5.11 Å². The average molecular weight is 383 g/mol. The molecule has 1 aliphatic heterocycles. The number of aliphatic hydroxyl groups is 1. The molecule has 0 aliphatic carbocycles. The van der Waals surface area contributed by atoms with Gasteiger partial charge in [0.05, 0.1) is 17.9 Å². The number of aliphatic hydroxyl groups excluding tert-OH is 1. The van der Waals surface area contributed by atoms with Gasteiger partial charge in [-0.2, -0.15) is 5.10 Å². The predicted molar refractivity (Wildman–Crippen MR) is 109 cm³/mol. The van der Waals surface area contributed by atoms with Gasteiger partial charge in [0, 0.05) is 31.1 Å². The molecule has 3 aromatic rings. The van der Waals surface area contributed by atoms with Crippen LogP contribution in [-0.2, 0) is 26.2 Å². The fraction of sp³-hybridized carbons (Fsp3) is 0.381. The lowest BCUT2D eigenvalue weighted by Crippen LogP contribution is -2.33. The van der Waals surface area contributed by atoms with Crippen LogP contribution in [0.5, 0.6) is 0 Å². The van der Waals surface area contributed by atoms with Crippen LogP contribution in [0.1, 0.15) is 33.5 Å². The zero-order valence-electron chi connectivity index (χ0n) is 15.9. The molecule has 0 saturated carbocycles. The summed E-state index contributed by atoms with van der Waals surface area (Å²) in [5.74, 6) is 0. The highest BCUT2D eigenvalue weighted by atomic mass is 32.1. The molecule has 0 bridgehead atoms. The first-order valence-corrected chi connectivity index (χ1v) is 10.2. The standard InChI is InChI=1S/C21H26N4OS/c1-23(2)12-16-10-19(27-15-16)14-24-8-9-25-18(13-24)11-20(22-25)21(26)17-6-4-3-5-7-17/h3-7,10-11,15,21,26H,8-9,12-14H2,1-2H3/t21-/m0/s1. The zero-order chi connectivity index (χ0) is 18.8. The number of thiophene rings is 1. The molecule has 0 amide bonds. The minimum Gasteiger partial charge on any atom is -0.382 e. The molecule has 0 spiro atoms. The second-order valence-corrected chi connectivity index (χ2v) is 8.46. The molecule has 0 radical (unpaired) electrons. The van der Waals surface area contributed by atoms with Crippen LogP contribution in [0.4, 0.5) is 0 Å². The van der Waals surface area contributed by atoms with E-state index in [0.717, 1.165) is 44.0 Å². The van der Waals surface area contributed by atoms with Crippen LogP contribution in [0, 0.1) is 0 Å². The summed E-state index contributed by atoms with van der Waals surface area (Å²) in [5.41, 5.74) is 4.19. The Morgan fingerprint density at radius 2 is 2.00 bits per heavy atom. The van der Waals surface area contributed by atoms with Gasteiger partial charge in [-0.05, 0) is 42.7 Å². The average Bonchev–Trinajstić information content (AvgIpc) is 3.27. The summed E-state index contributed by atoms with van der Waals surface area (Å²) in [5, 5.41) is 17.5. The van der Waals surface area contributed by atoms with Gasteiger partial charge in [0.1, 0.15) is 6.10 Å². The van der Waals surface area contributed by atoms with Crippen molar-refractivity contribution in [3.63, 3.8) is 0 Å². The Labute approximate surface area is 164 Å². The van der Waals surface area contributed by atoms with Gasteiger partial charge >= 0.3 is 0 Å². The van der Waals surface area contributed by atoms with Crippen LogP contribution in [0.25, 0.3) is 0 Å². The fourth-order valence-corrected chi connectivity index (χ4v) is 4.52.